The number of unbranched alkanes of at least 4 members (excludes halogenated alkanes) is 7. The first-order valence-electron chi connectivity index (χ1n) is 8.67. The van der Waals surface area contributed by atoms with Crippen LogP contribution in [-0.2, 0) is 0 Å². The monoisotopic (exact) mass is 313 g/mol. The zero-order valence-corrected chi connectivity index (χ0v) is 14.0. The van der Waals surface area contributed by atoms with Crippen molar-refractivity contribution >= 4 is 0 Å². The van der Waals surface area contributed by atoms with Gasteiger partial charge in [-0.05, 0) is 19.3 Å². The fraction of sp³-hybridized carbons (Fsp3) is 0.778. The van der Waals surface area contributed by atoms with Crippen LogP contribution in [0.25, 0.3) is 0 Å². The van der Waals surface area contributed by atoms with Gasteiger partial charge in [-0.3, -0.25) is 0 Å². The molecule has 0 bridgehead atoms. The third-order valence-electron chi connectivity index (χ3n) is 3.78. The number of aliphatic hydroxyl groups is 3. The van der Waals surface area contributed by atoms with E-state index < -0.39 is 18.2 Å². The van der Waals surface area contributed by atoms with Gasteiger partial charge in [-0.15, -0.1) is 0 Å². The first kappa shape index (κ1) is 21.3. The molecule has 0 aromatic heterocycles. The van der Waals surface area contributed by atoms with Gasteiger partial charge in [-0.25, -0.2) is 0 Å². The van der Waals surface area contributed by atoms with Crippen molar-refractivity contribution in [1.82, 2.24) is 0 Å². The molecule has 0 amide bonds. The van der Waals surface area contributed by atoms with Crippen LogP contribution in [0.3, 0.4) is 0 Å². The van der Waals surface area contributed by atoms with Crippen molar-refractivity contribution in [3.63, 3.8) is 0 Å². The van der Waals surface area contributed by atoms with E-state index >= 15 is 0 Å². The molecule has 4 nitrogen and oxygen atoms in total. The molecule has 0 aromatic carbocycles. The Kier molecular flexibility index (Phi) is 14.8. The lowest BCUT2D eigenvalue weighted by atomic mass is 10.0. The van der Waals surface area contributed by atoms with E-state index in [0.717, 1.165) is 6.42 Å². The van der Waals surface area contributed by atoms with Gasteiger partial charge in [0.1, 0.15) is 0 Å². The van der Waals surface area contributed by atoms with E-state index in [-0.39, 0.29) is 6.61 Å². The molecule has 0 radical (unpaired) electrons. The van der Waals surface area contributed by atoms with Crippen LogP contribution in [0.4, 0.5) is 0 Å². The fourth-order valence-corrected chi connectivity index (χ4v) is 2.22. The van der Waals surface area contributed by atoms with Crippen LogP contribution in [0.1, 0.15) is 64.7 Å². The number of nitrogens with two attached hydrogens (primary N) is 1. The maximum atomic E-state index is 9.66. The van der Waals surface area contributed by atoms with Gasteiger partial charge in [0.25, 0.3) is 0 Å². The van der Waals surface area contributed by atoms with Gasteiger partial charge in [0.15, 0.2) is 0 Å². The van der Waals surface area contributed by atoms with E-state index in [0.29, 0.717) is 6.42 Å². The zero-order chi connectivity index (χ0) is 16.6. The second kappa shape index (κ2) is 15.2. The summed E-state index contributed by atoms with van der Waals surface area (Å²) in [7, 11) is 0. The quantitative estimate of drug-likeness (QED) is 0.293. The average molecular weight is 313 g/mol. The van der Waals surface area contributed by atoms with Crippen LogP contribution in [-0.4, -0.2) is 40.2 Å². The van der Waals surface area contributed by atoms with Gasteiger partial charge in [0.05, 0.1) is 24.9 Å². The standard InChI is InChI=1S/C18H35NO3/c1-2-3-4-5-6-7-8-9-10-11-12-13-14-17(21)18(22)16(19)15-20/h10-13,16-18,20-22H,2-9,14-15,19H2,1H3/b11-10+,13-12+. The minimum Gasteiger partial charge on any atom is -0.395 e. The van der Waals surface area contributed by atoms with Gasteiger partial charge in [0.2, 0.25) is 0 Å². The summed E-state index contributed by atoms with van der Waals surface area (Å²) < 4.78 is 0. The molecule has 4 heteroatoms. The minimum absolute atomic E-state index is 0.330. The van der Waals surface area contributed by atoms with Crippen LogP contribution in [0.2, 0.25) is 0 Å². The topological polar surface area (TPSA) is 86.7 Å². The van der Waals surface area contributed by atoms with Crippen molar-refractivity contribution in [3.05, 3.63) is 24.3 Å². The van der Waals surface area contributed by atoms with Crippen LogP contribution in [0.5, 0.6) is 0 Å². The molecule has 0 heterocycles. The van der Waals surface area contributed by atoms with Crippen LogP contribution in [0, 0.1) is 0 Å². The summed E-state index contributed by atoms with van der Waals surface area (Å²) in [6, 6.07) is -0.795. The third-order valence-corrected chi connectivity index (χ3v) is 3.78. The number of hydrogen-bond donors (Lipinski definition) is 4. The smallest absolute Gasteiger partial charge is 0.0974 e. The Labute approximate surface area is 135 Å². The van der Waals surface area contributed by atoms with Crippen molar-refractivity contribution < 1.29 is 15.3 Å². The lowest BCUT2D eigenvalue weighted by Gasteiger charge is -2.20. The summed E-state index contributed by atoms with van der Waals surface area (Å²) in [6.07, 6.45) is 16.4. The SMILES string of the molecule is CCCCCCCCC/C=C/C=C/CC(O)C(O)C(N)CO. The summed E-state index contributed by atoms with van der Waals surface area (Å²) in [5.74, 6) is 0. The Balaban J connectivity index is 3.56. The molecular weight excluding hydrogens is 278 g/mol. The van der Waals surface area contributed by atoms with Crippen LogP contribution < -0.4 is 5.73 Å². The number of aliphatic hydroxyl groups excluding tert-OH is 3. The normalized spacial score (nSPS) is 16.4. The maximum Gasteiger partial charge on any atom is 0.0974 e. The molecule has 0 aliphatic rings. The minimum atomic E-state index is -1.09. The highest BCUT2D eigenvalue weighted by Crippen LogP contribution is 2.08. The third kappa shape index (κ3) is 11.9. The molecule has 0 aromatic rings. The fourth-order valence-electron chi connectivity index (χ4n) is 2.22. The zero-order valence-electron chi connectivity index (χ0n) is 14.0. The largest absolute Gasteiger partial charge is 0.395 e. The molecule has 3 atom stereocenters. The van der Waals surface area contributed by atoms with Gasteiger partial charge < -0.3 is 21.1 Å². The summed E-state index contributed by atoms with van der Waals surface area (Å²) in [6.45, 7) is 1.90. The molecule has 0 saturated heterocycles. The molecule has 22 heavy (non-hydrogen) atoms. The summed E-state index contributed by atoms with van der Waals surface area (Å²) >= 11 is 0. The lowest BCUT2D eigenvalue weighted by molar-refractivity contribution is -0.00516. The highest BCUT2D eigenvalue weighted by molar-refractivity contribution is 5.03. The second-order valence-electron chi connectivity index (χ2n) is 5.91. The van der Waals surface area contributed by atoms with E-state index in [4.69, 9.17) is 10.8 Å². The Morgan fingerprint density at radius 2 is 1.50 bits per heavy atom. The summed E-state index contributed by atoms with van der Waals surface area (Å²) in [5, 5.41) is 28.0. The predicted octanol–water partition coefficient (Wildman–Crippen LogP) is 2.67. The first-order chi connectivity index (χ1) is 10.6. The molecule has 5 N–H and O–H groups in total. The van der Waals surface area contributed by atoms with Crippen LogP contribution in [0.15, 0.2) is 24.3 Å². The Morgan fingerprint density at radius 3 is 2.14 bits per heavy atom. The summed E-state index contributed by atoms with van der Waals surface area (Å²) in [5.41, 5.74) is 5.46. The Bertz CT molecular complexity index is 292. The molecule has 0 fully saturated rings. The molecule has 0 spiro atoms. The van der Waals surface area contributed by atoms with Crippen molar-refractivity contribution in [1.29, 1.82) is 0 Å². The molecular formula is C18H35NO3. The summed E-state index contributed by atoms with van der Waals surface area (Å²) in [4.78, 5) is 0. The highest BCUT2D eigenvalue weighted by Gasteiger charge is 2.21. The van der Waals surface area contributed by atoms with Gasteiger partial charge in [0, 0.05) is 0 Å². The van der Waals surface area contributed by atoms with E-state index in [9.17, 15) is 10.2 Å². The van der Waals surface area contributed by atoms with E-state index in [2.05, 4.69) is 13.0 Å². The van der Waals surface area contributed by atoms with Crippen LogP contribution >= 0.6 is 0 Å². The van der Waals surface area contributed by atoms with Gasteiger partial charge >= 0.3 is 0 Å². The van der Waals surface area contributed by atoms with Gasteiger partial charge in [-0.1, -0.05) is 69.8 Å². The highest BCUT2D eigenvalue weighted by atomic mass is 16.3. The lowest BCUT2D eigenvalue weighted by Crippen LogP contribution is -2.45. The first-order valence-corrected chi connectivity index (χ1v) is 8.67. The van der Waals surface area contributed by atoms with E-state index in [1.807, 2.05) is 12.2 Å². The van der Waals surface area contributed by atoms with Crippen molar-refractivity contribution in [2.24, 2.45) is 5.73 Å². The molecule has 0 saturated carbocycles. The number of rotatable bonds is 14. The Morgan fingerprint density at radius 1 is 0.909 bits per heavy atom. The van der Waals surface area contributed by atoms with E-state index in [1.54, 1.807) is 6.08 Å². The molecule has 0 aliphatic carbocycles. The van der Waals surface area contributed by atoms with Crippen molar-refractivity contribution in [2.45, 2.75) is 83.0 Å². The Hall–Kier alpha value is -0.680. The van der Waals surface area contributed by atoms with Gasteiger partial charge in [-0.2, -0.15) is 0 Å². The molecule has 130 valence electrons. The number of allylic oxidation sites excluding steroid dienone is 3. The van der Waals surface area contributed by atoms with E-state index in [1.165, 1.54) is 44.9 Å². The molecule has 3 unspecified atom stereocenters. The van der Waals surface area contributed by atoms with Crippen molar-refractivity contribution in [3.8, 4) is 0 Å². The number of hydrogen-bond acceptors (Lipinski definition) is 4. The second-order valence-corrected chi connectivity index (χ2v) is 5.91. The predicted molar refractivity (Wildman–Crippen MR) is 92.6 cm³/mol. The maximum absolute atomic E-state index is 9.66. The average Bonchev–Trinajstić information content (AvgIpc) is 2.54. The molecule has 0 rings (SSSR count). The van der Waals surface area contributed by atoms with Crippen molar-refractivity contribution in [2.75, 3.05) is 6.61 Å². The molecule has 0 aliphatic heterocycles.